The fourth-order valence-electron chi connectivity index (χ4n) is 2.46. The number of benzene rings is 1. The number of hydrogen-bond acceptors (Lipinski definition) is 6. The number of carbonyl (C=O) groups is 1. The number of hydrogen-bond donors (Lipinski definition) is 2. The molecule has 10 nitrogen and oxygen atoms in total. The van der Waals surface area contributed by atoms with Crippen molar-refractivity contribution in [3.8, 4) is 5.82 Å². The number of sulfonamides is 1. The van der Waals surface area contributed by atoms with Crippen LogP contribution >= 0.6 is 0 Å². The van der Waals surface area contributed by atoms with Crippen LogP contribution in [0.3, 0.4) is 0 Å². The van der Waals surface area contributed by atoms with E-state index in [1.807, 2.05) is 0 Å². The summed E-state index contributed by atoms with van der Waals surface area (Å²) in [5, 5.41) is 13.0. The van der Waals surface area contributed by atoms with Crippen molar-refractivity contribution < 1.29 is 13.2 Å². The molecule has 0 fully saturated rings. The van der Waals surface area contributed by atoms with Crippen LogP contribution in [0, 0.1) is 6.92 Å². The number of aromatic amines is 1. The fraction of sp³-hybridized carbons (Fsp3) is 0.176. The van der Waals surface area contributed by atoms with Crippen LogP contribution < -0.4 is 10.9 Å². The first-order chi connectivity index (χ1) is 13.2. The first kappa shape index (κ1) is 19.5. The zero-order valence-corrected chi connectivity index (χ0v) is 16.2. The second-order valence-electron chi connectivity index (χ2n) is 6.10. The van der Waals surface area contributed by atoms with Crippen molar-refractivity contribution in [3.63, 3.8) is 0 Å². The zero-order chi connectivity index (χ0) is 20.5. The Morgan fingerprint density at radius 2 is 1.96 bits per heavy atom. The molecule has 3 aromatic rings. The molecule has 0 aliphatic rings. The standard InChI is InChI=1S/C17H18N6O4S/c1-11-14(10-18-23(11)15-7-8-16(24)21-20-15)17(25)19-12-5-4-6-13(9-12)28(26,27)22(2)3/h4-10H,1-3H3,(H,19,25)(H,21,24). The van der Waals surface area contributed by atoms with Crippen LogP contribution in [0.25, 0.3) is 5.82 Å². The summed E-state index contributed by atoms with van der Waals surface area (Å²) in [5.74, 6) is -0.0946. The van der Waals surface area contributed by atoms with E-state index >= 15 is 0 Å². The Labute approximate surface area is 160 Å². The molecule has 0 atom stereocenters. The van der Waals surface area contributed by atoms with Crippen LogP contribution in [0.15, 0.2) is 52.3 Å². The molecule has 28 heavy (non-hydrogen) atoms. The molecule has 0 radical (unpaired) electrons. The summed E-state index contributed by atoms with van der Waals surface area (Å²) in [6.07, 6.45) is 1.37. The predicted octanol–water partition coefficient (Wildman–Crippen LogP) is 0.767. The minimum absolute atomic E-state index is 0.0696. The predicted molar refractivity (Wildman–Crippen MR) is 102 cm³/mol. The number of H-pyrrole nitrogens is 1. The number of amides is 1. The Morgan fingerprint density at radius 1 is 1.21 bits per heavy atom. The number of anilines is 1. The van der Waals surface area contributed by atoms with E-state index < -0.39 is 15.9 Å². The minimum Gasteiger partial charge on any atom is -0.322 e. The van der Waals surface area contributed by atoms with E-state index in [9.17, 15) is 18.0 Å². The molecular formula is C17H18N6O4S. The van der Waals surface area contributed by atoms with Crippen molar-refractivity contribution in [1.82, 2.24) is 24.3 Å². The van der Waals surface area contributed by atoms with Crippen molar-refractivity contribution in [2.75, 3.05) is 19.4 Å². The molecule has 2 N–H and O–H groups in total. The fourth-order valence-corrected chi connectivity index (χ4v) is 3.41. The summed E-state index contributed by atoms with van der Waals surface area (Å²) in [5.41, 5.74) is 0.782. The summed E-state index contributed by atoms with van der Waals surface area (Å²) >= 11 is 0. The van der Waals surface area contributed by atoms with Crippen LogP contribution in [-0.4, -0.2) is 52.7 Å². The largest absolute Gasteiger partial charge is 0.322 e. The summed E-state index contributed by atoms with van der Waals surface area (Å²) < 4.78 is 27.0. The van der Waals surface area contributed by atoms with Crippen LogP contribution in [0.4, 0.5) is 5.69 Å². The molecular weight excluding hydrogens is 384 g/mol. The van der Waals surface area contributed by atoms with Gasteiger partial charge in [0.15, 0.2) is 5.82 Å². The first-order valence-electron chi connectivity index (χ1n) is 8.15. The van der Waals surface area contributed by atoms with Crippen molar-refractivity contribution in [2.24, 2.45) is 0 Å². The minimum atomic E-state index is -3.62. The highest BCUT2D eigenvalue weighted by molar-refractivity contribution is 7.89. The normalized spacial score (nSPS) is 11.6. The van der Waals surface area contributed by atoms with Gasteiger partial charge in [-0.2, -0.15) is 10.2 Å². The SMILES string of the molecule is Cc1c(C(=O)Nc2cccc(S(=O)(=O)N(C)C)c2)cnn1-c1ccc(=O)[nH]n1. The maximum Gasteiger partial charge on any atom is 0.264 e. The van der Waals surface area contributed by atoms with Gasteiger partial charge >= 0.3 is 0 Å². The first-order valence-corrected chi connectivity index (χ1v) is 9.59. The lowest BCUT2D eigenvalue weighted by Crippen LogP contribution is -2.22. The van der Waals surface area contributed by atoms with Gasteiger partial charge in [-0.1, -0.05) is 6.07 Å². The molecule has 11 heteroatoms. The number of nitrogens with one attached hydrogen (secondary N) is 2. The van der Waals surface area contributed by atoms with E-state index in [0.717, 1.165) is 4.31 Å². The van der Waals surface area contributed by atoms with E-state index in [-0.39, 0.29) is 16.0 Å². The van der Waals surface area contributed by atoms with Gasteiger partial charge in [0.1, 0.15) is 0 Å². The molecule has 0 aliphatic heterocycles. The molecule has 0 spiro atoms. The smallest absolute Gasteiger partial charge is 0.264 e. The third-order valence-corrected chi connectivity index (χ3v) is 5.82. The number of rotatable bonds is 5. The van der Waals surface area contributed by atoms with E-state index in [1.54, 1.807) is 19.1 Å². The van der Waals surface area contributed by atoms with Gasteiger partial charge < -0.3 is 5.32 Å². The second-order valence-corrected chi connectivity index (χ2v) is 8.26. The number of nitrogens with zero attached hydrogens (tertiary/aromatic N) is 4. The molecule has 0 unspecified atom stereocenters. The van der Waals surface area contributed by atoms with Crippen LogP contribution in [0.2, 0.25) is 0 Å². The Bertz CT molecular complexity index is 1180. The lowest BCUT2D eigenvalue weighted by atomic mass is 10.2. The molecule has 0 bridgehead atoms. The monoisotopic (exact) mass is 402 g/mol. The maximum absolute atomic E-state index is 12.6. The maximum atomic E-state index is 12.6. The molecule has 0 saturated heterocycles. The second kappa shape index (κ2) is 7.37. The van der Waals surface area contributed by atoms with Gasteiger partial charge in [0.2, 0.25) is 10.0 Å². The summed E-state index contributed by atoms with van der Waals surface area (Å²) in [4.78, 5) is 23.8. The van der Waals surface area contributed by atoms with E-state index in [2.05, 4.69) is 20.6 Å². The Morgan fingerprint density at radius 3 is 2.61 bits per heavy atom. The van der Waals surface area contributed by atoms with Gasteiger partial charge in [-0.05, 0) is 31.2 Å². The van der Waals surface area contributed by atoms with Crippen molar-refractivity contribution >= 4 is 21.6 Å². The molecule has 1 amide bonds. The highest BCUT2D eigenvalue weighted by Gasteiger charge is 2.19. The number of aromatic nitrogens is 4. The lowest BCUT2D eigenvalue weighted by Gasteiger charge is -2.12. The topological polar surface area (TPSA) is 130 Å². The average Bonchev–Trinajstić information content (AvgIpc) is 3.04. The van der Waals surface area contributed by atoms with Crippen molar-refractivity contribution in [2.45, 2.75) is 11.8 Å². The Kier molecular flexibility index (Phi) is 5.12. The van der Waals surface area contributed by atoms with E-state index in [1.165, 1.54) is 49.2 Å². The molecule has 0 aliphatic carbocycles. The average molecular weight is 402 g/mol. The van der Waals surface area contributed by atoms with Crippen LogP contribution in [0.5, 0.6) is 0 Å². The van der Waals surface area contributed by atoms with Gasteiger partial charge in [0.05, 0.1) is 22.3 Å². The molecule has 146 valence electrons. The third-order valence-electron chi connectivity index (χ3n) is 4.01. The summed E-state index contributed by atoms with van der Waals surface area (Å²) in [7, 11) is -0.748. The number of carbonyl (C=O) groups excluding carboxylic acids is 1. The highest BCUT2D eigenvalue weighted by atomic mass is 32.2. The molecule has 2 heterocycles. The molecule has 0 saturated carbocycles. The van der Waals surface area contributed by atoms with Crippen LogP contribution in [0.1, 0.15) is 16.1 Å². The van der Waals surface area contributed by atoms with Gasteiger partial charge in [-0.3, -0.25) is 9.59 Å². The lowest BCUT2D eigenvalue weighted by molar-refractivity contribution is 0.102. The Hall–Kier alpha value is -3.31. The van der Waals surface area contributed by atoms with Gasteiger partial charge in [-0.15, -0.1) is 0 Å². The van der Waals surface area contributed by atoms with Gasteiger partial charge in [0, 0.05) is 25.8 Å². The zero-order valence-electron chi connectivity index (χ0n) is 15.4. The van der Waals surface area contributed by atoms with Gasteiger partial charge in [-0.25, -0.2) is 22.5 Å². The quantitative estimate of drug-likeness (QED) is 0.648. The van der Waals surface area contributed by atoms with E-state index in [0.29, 0.717) is 17.2 Å². The summed E-state index contributed by atoms with van der Waals surface area (Å²) in [6.45, 7) is 1.68. The summed E-state index contributed by atoms with van der Waals surface area (Å²) in [6, 6.07) is 8.77. The van der Waals surface area contributed by atoms with Crippen molar-refractivity contribution in [3.05, 3.63) is 64.2 Å². The third kappa shape index (κ3) is 3.70. The molecule has 3 rings (SSSR count). The van der Waals surface area contributed by atoms with E-state index in [4.69, 9.17) is 0 Å². The Balaban J connectivity index is 1.87. The molecule has 1 aromatic carbocycles. The van der Waals surface area contributed by atoms with Gasteiger partial charge in [0.25, 0.3) is 11.5 Å². The molecule has 2 aromatic heterocycles. The highest BCUT2D eigenvalue weighted by Crippen LogP contribution is 2.19. The van der Waals surface area contributed by atoms with Crippen LogP contribution in [-0.2, 0) is 10.0 Å². The van der Waals surface area contributed by atoms with Crippen molar-refractivity contribution in [1.29, 1.82) is 0 Å².